The lowest BCUT2D eigenvalue weighted by atomic mass is 10.1. The van der Waals surface area contributed by atoms with Gasteiger partial charge >= 0.3 is 0 Å². The number of hydrogen-bond acceptors (Lipinski definition) is 4. The Bertz CT molecular complexity index is 318. The number of aromatic nitrogens is 2. The molecule has 0 bridgehead atoms. The monoisotopic (exact) mass is 221 g/mol. The van der Waals surface area contributed by atoms with E-state index >= 15 is 0 Å². The highest BCUT2D eigenvalue weighted by molar-refractivity contribution is 5.30. The van der Waals surface area contributed by atoms with E-state index in [9.17, 15) is 5.11 Å². The van der Waals surface area contributed by atoms with Gasteiger partial charge in [0.15, 0.2) is 0 Å². The maximum Gasteiger partial charge on any atom is 0.225 e. The van der Waals surface area contributed by atoms with E-state index < -0.39 is 0 Å². The second-order valence-corrected chi connectivity index (χ2v) is 4.36. The highest BCUT2D eigenvalue weighted by Gasteiger charge is 2.18. The van der Waals surface area contributed by atoms with Crippen molar-refractivity contribution in [3.63, 3.8) is 0 Å². The molecule has 0 radical (unpaired) electrons. The van der Waals surface area contributed by atoms with Gasteiger partial charge in [0.1, 0.15) is 0 Å². The van der Waals surface area contributed by atoms with Crippen LogP contribution in [0.5, 0.6) is 0 Å². The smallest absolute Gasteiger partial charge is 0.225 e. The zero-order chi connectivity index (χ0) is 11.4. The van der Waals surface area contributed by atoms with Crippen molar-refractivity contribution in [1.29, 1.82) is 0 Å². The summed E-state index contributed by atoms with van der Waals surface area (Å²) in [5.41, 5.74) is 1.20. The third-order valence-electron chi connectivity index (χ3n) is 2.98. The molecule has 0 aliphatic carbocycles. The van der Waals surface area contributed by atoms with E-state index in [4.69, 9.17) is 0 Å². The molecule has 4 nitrogen and oxygen atoms in total. The van der Waals surface area contributed by atoms with Crippen molar-refractivity contribution in [1.82, 2.24) is 9.97 Å². The molecule has 1 aliphatic rings. The van der Waals surface area contributed by atoms with Crippen LogP contribution in [-0.2, 0) is 6.42 Å². The molecule has 0 aromatic carbocycles. The molecule has 0 spiro atoms. The molecule has 1 aromatic heterocycles. The van der Waals surface area contributed by atoms with Gasteiger partial charge in [-0.2, -0.15) is 0 Å². The Morgan fingerprint density at radius 3 is 2.50 bits per heavy atom. The van der Waals surface area contributed by atoms with Gasteiger partial charge in [-0.25, -0.2) is 9.97 Å². The maximum absolute atomic E-state index is 9.42. The molecule has 1 N–H and O–H groups in total. The van der Waals surface area contributed by atoms with Crippen molar-refractivity contribution in [2.24, 2.45) is 0 Å². The van der Waals surface area contributed by atoms with Gasteiger partial charge in [0.2, 0.25) is 5.95 Å². The molecule has 0 unspecified atom stereocenters. The Hall–Kier alpha value is -1.16. The van der Waals surface area contributed by atoms with Crippen LogP contribution in [0.25, 0.3) is 0 Å². The minimum Gasteiger partial charge on any atom is -0.393 e. The van der Waals surface area contributed by atoms with Crippen molar-refractivity contribution >= 4 is 5.95 Å². The number of nitrogens with zero attached hydrogens (tertiary/aromatic N) is 3. The zero-order valence-corrected chi connectivity index (χ0v) is 9.76. The van der Waals surface area contributed by atoms with Crippen LogP contribution in [0.4, 0.5) is 5.95 Å². The highest BCUT2D eigenvalue weighted by atomic mass is 16.3. The first-order chi connectivity index (χ1) is 7.79. The average molecular weight is 221 g/mol. The van der Waals surface area contributed by atoms with E-state index in [-0.39, 0.29) is 6.10 Å². The lowest BCUT2D eigenvalue weighted by Crippen LogP contribution is -2.36. The van der Waals surface area contributed by atoms with Crippen LogP contribution in [0.15, 0.2) is 12.4 Å². The van der Waals surface area contributed by atoms with Crippen LogP contribution in [0, 0.1) is 0 Å². The second-order valence-electron chi connectivity index (χ2n) is 4.36. The number of aryl methyl sites for hydroxylation is 1. The summed E-state index contributed by atoms with van der Waals surface area (Å²) in [6, 6.07) is 0. The summed E-state index contributed by atoms with van der Waals surface area (Å²) in [7, 11) is 0. The third kappa shape index (κ3) is 2.70. The third-order valence-corrected chi connectivity index (χ3v) is 2.98. The molecule has 1 saturated heterocycles. The Labute approximate surface area is 96.3 Å². The second kappa shape index (κ2) is 5.25. The lowest BCUT2D eigenvalue weighted by Gasteiger charge is -2.29. The first kappa shape index (κ1) is 11.3. The van der Waals surface area contributed by atoms with Gasteiger partial charge in [0, 0.05) is 25.5 Å². The van der Waals surface area contributed by atoms with Crippen molar-refractivity contribution in [3.8, 4) is 0 Å². The van der Waals surface area contributed by atoms with Gasteiger partial charge < -0.3 is 10.0 Å². The fourth-order valence-corrected chi connectivity index (χ4v) is 1.99. The van der Waals surface area contributed by atoms with E-state index in [1.807, 2.05) is 12.4 Å². The molecule has 0 saturated carbocycles. The van der Waals surface area contributed by atoms with Crippen molar-refractivity contribution in [2.75, 3.05) is 18.0 Å². The SMILES string of the molecule is CCCc1cnc(N2CCC(O)CC2)nc1. The molecule has 1 aliphatic heterocycles. The summed E-state index contributed by atoms with van der Waals surface area (Å²) >= 11 is 0. The highest BCUT2D eigenvalue weighted by Crippen LogP contribution is 2.15. The van der Waals surface area contributed by atoms with E-state index in [0.29, 0.717) is 0 Å². The van der Waals surface area contributed by atoms with Crippen LogP contribution >= 0.6 is 0 Å². The Kier molecular flexibility index (Phi) is 3.72. The van der Waals surface area contributed by atoms with Crippen LogP contribution in [0.2, 0.25) is 0 Å². The summed E-state index contributed by atoms with van der Waals surface area (Å²) in [6.07, 6.45) is 7.49. The minimum atomic E-state index is -0.143. The van der Waals surface area contributed by atoms with Crippen LogP contribution in [-0.4, -0.2) is 34.3 Å². The molecule has 4 heteroatoms. The Morgan fingerprint density at radius 1 is 1.31 bits per heavy atom. The molecule has 0 atom stereocenters. The minimum absolute atomic E-state index is 0.143. The Morgan fingerprint density at radius 2 is 1.94 bits per heavy atom. The molecule has 2 heterocycles. The van der Waals surface area contributed by atoms with Crippen LogP contribution in [0.1, 0.15) is 31.7 Å². The topological polar surface area (TPSA) is 49.2 Å². The van der Waals surface area contributed by atoms with Gasteiger partial charge in [0.25, 0.3) is 0 Å². The maximum atomic E-state index is 9.42. The van der Waals surface area contributed by atoms with Crippen LogP contribution < -0.4 is 4.90 Å². The molecule has 1 fully saturated rings. The first-order valence-electron chi connectivity index (χ1n) is 6.03. The van der Waals surface area contributed by atoms with Gasteiger partial charge in [-0.05, 0) is 24.8 Å². The fraction of sp³-hybridized carbons (Fsp3) is 0.667. The number of piperidine rings is 1. The predicted octanol–water partition coefficient (Wildman–Crippen LogP) is 1.39. The first-order valence-corrected chi connectivity index (χ1v) is 6.03. The number of aliphatic hydroxyl groups excluding tert-OH is 1. The average Bonchev–Trinajstić information content (AvgIpc) is 2.32. The van der Waals surface area contributed by atoms with E-state index in [1.54, 1.807) is 0 Å². The lowest BCUT2D eigenvalue weighted by molar-refractivity contribution is 0.145. The summed E-state index contributed by atoms with van der Waals surface area (Å²) < 4.78 is 0. The van der Waals surface area contributed by atoms with Gasteiger partial charge in [-0.1, -0.05) is 13.3 Å². The molecule has 1 aromatic rings. The van der Waals surface area contributed by atoms with Gasteiger partial charge in [0.05, 0.1) is 6.10 Å². The number of rotatable bonds is 3. The number of aliphatic hydroxyl groups is 1. The van der Waals surface area contributed by atoms with Gasteiger partial charge in [-0.15, -0.1) is 0 Å². The van der Waals surface area contributed by atoms with Crippen LogP contribution in [0.3, 0.4) is 0 Å². The summed E-state index contributed by atoms with van der Waals surface area (Å²) in [5, 5.41) is 9.42. The molecular formula is C12H19N3O. The molecule has 2 rings (SSSR count). The summed E-state index contributed by atoms with van der Waals surface area (Å²) in [6.45, 7) is 3.86. The number of hydrogen-bond donors (Lipinski definition) is 1. The Balaban J connectivity index is 1.98. The molecule has 16 heavy (non-hydrogen) atoms. The predicted molar refractivity (Wildman–Crippen MR) is 63.5 cm³/mol. The molecule has 0 amide bonds. The van der Waals surface area contributed by atoms with Gasteiger partial charge in [-0.3, -0.25) is 0 Å². The quantitative estimate of drug-likeness (QED) is 0.838. The normalized spacial score (nSPS) is 17.8. The van der Waals surface area contributed by atoms with E-state index in [2.05, 4.69) is 21.8 Å². The molecule has 88 valence electrons. The zero-order valence-electron chi connectivity index (χ0n) is 9.76. The van der Waals surface area contributed by atoms with Crippen molar-refractivity contribution in [3.05, 3.63) is 18.0 Å². The van der Waals surface area contributed by atoms with Crippen molar-refractivity contribution in [2.45, 2.75) is 38.7 Å². The van der Waals surface area contributed by atoms with E-state index in [1.165, 1.54) is 5.56 Å². The fourth-order valence-electron chi connectivity index (χ4n) is 1.99. The van der Waals surface area contributed by atoms with E-state index in [0.717, 1.165) is 44.7 Å². The van der Waals surface area contributed by atoms with Crippen molar-refractivity contribution < 1.29 is 5.11 Å². The molecular weight excluding hydrogens is 202 g/mol. The largest absolute Gasteiger partial charge is 0.393 e. The number of anilines is 1. The standard InChI is InChI=1S/C12H19N3O/c1-2-3-10-8-13-12(14-9-10)15-6-4-11(16)5-7-15/h8-9,11,16H,2-7H2,1H3. The summed E-state index contributed by atoms with van der Waals surface area (Å²) in [4.78, 5) is 10.9. The summed E-state index contributed by atoms with van der Waals surface area (Å²) in [5.74, 6) is 0.798.